The molecule has 0 bridgehead atoms. The van der Waals surface area contributed by atoms with Gasteiger partial charge in [0.05, 0.1) is 0 Å². The number of piperidine rings is 1. The van der Waals surface area contributed by atoms with Gasteiger partial charge in [-0.2, -0.15) is 0 Å². The Morgan fingerprint density at radius 2 is 1.91 bits per heavy atom. The second-order valence-corrected chi connectivity index (χ2v) is 6.02. The number of guanidine groups is 1. The molecule has 1 heterocycles. The quantitative estimate of drug-likeness (QED) is 0.347. The molecule has 2 N–H and O–H groups in total. The van der Waals surface area contributed by atoms with Gasteiger partial charge in [-0.3, -0.25) is 4.99 Å². The van der Waals surface area contributed by atoms with Crippen molar-refractivity contribution in [3.8, 4) is 0 Å². The molecule has 0 spiro atoms. The van der Waals surface area contributed by atoms with Crippen molar-refractivity contribution >= 4 is 35.6 Å². The van der Waals surface area contributed by atoms with Crippen molar-refractivity contribution in [2.24, 2.45) is 16.6 Å². The van der Waals surface area contributed by atoms with Gasteiger partial charge >= 0.3 is 0 Å². The summed E-state index contributed by atoms with van der Waals surface area (Å²) in [6.07, 6.45) is 3.48. The molecule has 0 radical (unpaired) electrons. The van der Waals surface area contributed by atoms with Crippen molar-refractivity contribution < 1.29 is 0 Å². The van der Waals surface area contributed by atoms with Crippen LogP contribution in [0, 0.1) is 5.92 Å². The summed E-state index contributed by atoms with van der Waals surface area (Å²) in [6.45, 7) is 6.22. The Morgan fingerprint density at radius 1 is 1.27 bits per heavy atom. The van der Waals surface area contributed by atoms with E-state index in [0.29, 0.717) is 0 Å². The first-order chi connectivity index (χ1) is 10.2. The van der Waals surface area contributed by atoms with E-state index >= 15 is 0 Å². The van der Waals surface area contributed by atoms with Crippen molar-refractivity contribution in [3.05, 3.63) is 30.3 Å². The third-order valence-electron chi connectivity index (χ3n) is 4.23. The standard InChI is InChI=1S/C17H28N4.HI/c1-15-9-13-21(14-10-15)17(18)19-11-6-12-20(2)16-7-4-3-5-8-16;/h3-5,7-8,15H,6,9-14H2,1-2H3,(H2,18,19);1H. The number of nitrogens with two attached hydrogens (primary N) is 1. The third-order valence-corrected chi connectivity index (χ3v) is 4.23. The first-order valence-electron chi connectivity index (χ1n) is 7.98. The molecular weight excluding hydrogens is 387 g/mol. The summed E-state index contributed by atoms with van der Waals surface area (Å²) < 4.78 is 0. The number of rotatable bonds is 5. The lowest BCUT2D eigenvalue weighted by atomic mass is 10.00. The smallest absolute Gasteiger partial charge is 0.191 e. The molecule has 0 saturated carbocycles. The molecule has 1 saturated heterocycles. The van der Waals surface area contributed by atoms with E-state index in [9.17, 15) is 0 Å². The first kappa shape index (κ1) is 19.1. The van der Waals surface area contributed by atoms with E-state index in [0.717, 1.165) is 44.5 Å². The number of para-hydroxylation sites is 1. The van der Waals surface area contributed by atoms with E-state index in [1.165, 1.54) is 18.5 Å². The van der Waals surface area contributed by atoms with Gasteiger partial charge in [0.25, 0.3) is 0 Å². The average Bonchev–Trinajstić information content (AvgIpc) is 2.52. The van der Waals surface area contributed by atoms with Crippen LogP contribution in [0.15, 0.2) is 35.3 Å². The summed E-state index contributed by atoms with van der Waals surface area (Å²) in [5.74, 6) is 1.55. The molecule has 1 fully saturated rings. The van der Waals surface area contributed by atoms with Crippen LogP contribution in [0.25, 0.3) is 0 Å². The fourth-order valence-corrected chi connectivity index (χ4v) is 2.65. The number of halogens is 1. The normalized spacial score (nSPS) is 16.3. The summed E-state index contributed by atoms with van der Waals surface area (Å²) in [7, 11) is 2.12. The van der Waals surface area contributed by atoms with E-state index in [-0.39, 0.29) is 24.0 Å². The van der Waals surface area contributed by atoms with Gasteiger partial charge in [0.1, 0.15) is 0 Å². The summed E-state index contributed by atoms with van der Waals surface area (Å²) in [4.78, 5) is 9.01. The molecule has 1 aliphatic heterocycles. The Bertz CT molecular complexity index is 441. The lowest BCUT2D eigenvalue weighted by Gasteiger charge is -2.31. The fraction of sp³-hybridized carbons (Fsp3) is 0.588. The zero-order valence-electron chi connectivity index (χ0n) is 13.7. The van der Waals surface area contributed by atoms with E-state index in [2.05, 4.69) is 53.0 Å². The molecule has 124 valence electrons. The highest BCUT2D eigenvalue weighted by Gasteiger charge is 2.16. The van der Waals surface area contributed by atoms with Gasteiger partial charge in [0, 0.05) is 38.9 Å². The van der Waals surface area contributed by atoms with Crippen LogP contribution in [0.5, 0.6) is 0 Å². The van der Waals surface area contributed by atoms with E-state index in [4.69, 9.17) is 5.73 Å². The molecule has 0 amide bonds. The van der Waals surface area contributed by atoms with Crippen LogP contribution in [0.3, 0.4) is 0 Å². The van der Waals surface area contributed by atoms with E-state index < -0.39 is 0 Å². The Hall–Kier alpha value is -0.980. The Morgan fingerprint density at radius 3 is 2.55 bits per heavy atom. The fourth-order valence-electron chi connectivity index (χ4n) is 2.65. The zero-order chi connectivity index (χ0) is 15.1. The van der Waals surface area contributed by atoms with Crippen LogP contribution in [-0.4, -0.2) is 44.1 Å². The van der Waals surface area contributed by atoms with Gasteiger partial charge in [-0.1, -0.05) is 25.1 Å². The van der Waals surface area contributed by atoms with Gasteiger partial charge in [-0.25, -0.2) is 0 Å². The average molecular weight is 416 g/mol. The number of nitrogens with zero attached hydrogens (tertiary/aromatic N) is 3. The highest BCUT2D eigenvalue weighted by molar-refractivity contribution is 14.0. The number of benzene rings is 1. The highest BCUT2D eigenvalue weighted by Crippen LogP contribution is 2.15. The number of hydrogen-bond donors (Lipinski definition) is 1. The van der Waals surface area contributed by atoms with Crippen LogP contribution in [-0.2, 0) is 0 Å². The molecule has 0 aromatic heterocycles. The van der Waals surface area contributed by atoms with Crippen molar-refractivity contribution in [2.45, 2.75) is 26.2 Å². The monoisotopic (exact) mass is 416 g/mol. The third kappa shape index (κ3) is 6.02. The molecule has 1 aliphatic rings. The lowest BCUT2D eigenvalue weighted by molar-refractivity contribution is 0.277. The minimum Gasteiger partial charge on any atom is -0.375 e. The number of hydrogen-bond acceptors (Lipinski definition) is 2. The minimum atomic E-state index is 0. The molecule has 0 unspecified atom stereocenters. The minimum absolute atomic E-state index is 0. The Labute approximate surface area is 151 Å². The molecule has 0 aliphatic carbocycles. The zero-order valence-corrected chi connectivity index (χ0v) is 16.1. The van der Waals surface area contributed by atoms with Crippen LogP contribution in [0.2, 0.25) is 0 Å². The molecular formula is C17H29IN4. The van der Waals surface area contributed by atoms with Gasteiger partial charge in [0.15, 0.2) is 5.96 Å². The number of likely N-dealkylation sites (tertiary alicyclic amines) is 1. The summed E-state index contributed by atoms with van der Waals surface area (Å²) >= 11 is 0. The van der Waals surface area contributed by atoms with E-state index in [1.807, 2.05) is 6.07 Å². The maximum atomic E-state index is 6.08. The van der Waals surface area contributed by atoms with Gasteiger partial charge < -0.3 is 15.5 Å². The van der Waals surface area contributed by atoms with Crippen molar-refractivity contribution in [1.29, 1.82) is 0 Å². The Kier molecular flexibility index (Phi) is 8.60. The van der Waals surface area contributed by atoms with Crippen LogP contribution in [0.1, 0.15) is 26.2 Å². The van der Waals surface area contributed by atoms with Crippen molar-refractivity contribution in [2.75, 3.05) is 38.1 Å². The molecule has 22 heavy (non-hydrogen) atoms. The molecule has 0 atom stereocenters. The number of anilines is 1. The second-order valence-electron chi connectivity index (χ2n) is 6.02. The Balaban J connectivity index is 0.00000242. The molecule has 1 aromatic rings. The predicted molar refractivity (Wildman–Crippen MR) is 106 cm³/mol. The van der Waals surface area contributed by atoms with Crippen LogP contribution < -0.4 is 10.6 Å². The largest absolute Gasteiger partial charge is 0.375 e. The van der Waals surface area contributed by atoms with Gasteiger partial charge in [0.2, 0.25) is 0 Å². The second kappa shape index (κ2) is 9.92. The molecule has 4 nitrogen and oxygen atoms in total. The topological polar surface area (TPSA) is 44.9 Å². The summed E-state index contributed by atoms with van der Waals surface area (Å²) in [5.41, 5.74) is 7.33. The summed E-state index contributed by atoms with van der Waals surface area (Å²) in [6, 6.07) is 10.4. The van der Waals surface area contributed by atoms with E-state index in [1.54, 1.807) is 0 Å². The molecule has 2 rings (SSSR count). The predicted octanol–water partition coefficient (Wildman–Crippen LogP) is 3.18. The molecule has 5 heteroatoms. The SMILES string of the molecule is CC1CCN(C(N)=NCCCN(C)c2ccccc2)CC1.I. The maximum Gasteiger partial charge on any atom is 0.191 e. The highest BCUT2D eigenvalue weighted by atomic mass is 127. The van der Waals surface area contributed by atoms with Crippen molar-refractivity contribution in [3.63, 3.8) is 0 Å². The van der Waals surface area contributed by atoms with Crippen LogP contribution in [0.4, 0.5) is 5.69 Å². The lowest BCUT2D eigenvalue weighted by Crippen LogP contribution is -2.42. The molecule has 1 aromatic carbocycles. The number of aliphatic imine (C=N–C) groups is 1. The maximum absolute atomic E-state index is 6.08. The van der Waals surface area contributed by atoms with Gasteiger partial charge in [-0.15, -0.1) is 24.0 Å². The van der Waals surface area contributed by atoms with Gasteiger partial charge in [-0.05, 0) is 37.3 Å². The van der Waals surface area contributed by atoms with Crippen LogP contribution >= 0.6 is 24.0 Å². The van der Waals surface area contributed by atoms with Crippen molar-refractivity contribution in [1.82, 2.24) is 4.90 Å². The first-order valence-corrected chi connectivity index (χ1v) is 7.98. The summed E-state index contributed by atoms with van der Waals surface area (Å²) in [5, 5.41) is 0.